The zero-order valence-corrected chi connectivity index (χ0v) is 15.6. The summed E-state index contributed by atoms with van der Waals surface area (Å²) in [6.45, 7) is 1.42. The van der Waals surface area contributed by atoms with Gasteiger partial charge in [0.1, 0.15) is 5.03 Å². The van der Waals surface area contributed by atoms with E-state index >= 15 is 0 Å². The Labute approximate surface area is 161 Å². The normalized spacial score (nSPS) is 10.8. The van der Waals surface area contributed by atoms with E-state index in [4.69, 9.17) is 0 Å². The lowest BCUT2D eigenvalue weighted by atomic mass is 10.1. The zero-order valence-electron chi connectivity index (χ0n) is 14.0. The molecule has 0 aliphatic carbocycles. The van der Waals surface area contributed by atoms with Crippen molar-refractivity contribution >= 4 is 39.9 Å². The summed E-state index contributed by atoms with van der Waals surface area (Å²) in [6.07, 6.45) is 1.34. The first-order chi connectivity index (χ1) is 13.0. The molecular formula is C18H13F2N3O2S2. The van der Waals surface area contributed by atoms with Crippen LogP contribution in [0.3, 0.4) is 0 Å². The van der Waals surface area contributed by atoms with Crippen LogP contribution in [0.2, 0.25) is 0 Å². The molecule has 2 heterocycles. The molecule has 0 saturated carbocycles. The molecule has 0 spiro atoms. The number of aromatic nitrogens is 2. The Morgan fingerprint density at radius 2 is 1.89 bits per heavy atom. The minimum atomic E-state index is -2.69. The fourth-order valence-electron chi connectivity index (χ4n) is 2.31. The predicted octanol–water partition coefficient (Wildman–Crippen LogP) is 4.97. The third-order valence-corrected chi connectivity index (χ3v) is 5.23. The number of benzene rings is 1. The Balaban J connectivity index is 1.91. The number of ketones is 1. The lowest BCUT2D eigenvalue weighted by molar-refractivity contribution is 0.101. The third kappa shape index (κ3) is 4.55. The van der Waals surface area contributed by atoms with Gasteiger partial charge in [0.25, 0.3) is 11.7 Å². The molecule has 1 aromatic carbocycles. The molecule has 138 valence electrons. The van der Waals surface area contributed by atoms with Crippen molar-refractivity contribution in [1.82, 2.24) is 9.97 Å². The first-order valence-corrected chi connectivity index (χ1v) is 9.43. The molecule has 0 aliphatic rings. The summed E-state index contributed by atoms with van der Waals surface area (Å²) in [5.74, 6) is -3.49. The topological polar surface area (TPSA) is 72.0 Å². The van der Waals surface area contributed by atoms with Gasteiger partial charge in [-0.3, -0.25) is 14.9 Å². The Morgan fingerprint density at radius 1 is 1.15 bits per heavy atom. The number of hydrogen-bond donors (Lipinski definition) is 1. The standard InChI is InChI=1S/C18H13F2N3O2S2/c1-10(24)14-13(11-6-3-2-4-7-11)22-18(26-14)23-15(25)12-8-5-9-21-16(12)27-17(19)20/h2-9,17H,1H3,(H,22,23,25). The Kier molecular flexibility index (Phi) is 5.92. The molecule has 3 aromatic rings. The minimum absolute atomic E-state index is 0.0173. The molecule has 1 amide bonds. The number of alkyl halides is 2. The molecule has 0 unspecified atom stereocenters. The maximum absolute atomic E-state index is 12.7. The number of thiazole rings is 1. The van der Waals surface area contributed by atoms with Gasteiger partial charge >= 0.3 is 0 Å². The van der Waals surface area contributed by atoms with Crippen LogP contribution in [0, 0.1) is 0 Å². The van der Waals surface area contributed by atoms with Gasteiger partial charge in [0.2, 0.25) is 0 Å². The highest BCUT2D eigenvalue weighted by Gasteiger charge is 2.21. The van der Waals surface area contributed by atoms with Crippen LogP contribution in [-0.2, 0) is 0 Å². The first kappa shape index (κ1) is 19.1. The maximum Gasteiger partial charge on any atom is 0.290 e. The second kappa shape index (κ2) is 8.36. The van der Waals surface area contributed by atoms with Crippen LogP contribution < -0.4 is 5.32 Å². The monoisotopic (exact) mass is 405 g/mol. The molecule has 0 atom stereocenters. The molecule has 2 aromatic heterocycles. The van der Waals surface area contributed by atoms with Gasteiger partial charge in [-0.1, -0.05) is 41.7 Å². The molecule has 0 bridgehead atoms. The van der Waals surface area contributed by atoms with Crippen LogP contribution in [0.25, 0.3) is 11.3 Å². The number of anilines is 1. The van der Waals surface area contributed by atoms with Crippen molar-refractivity contribution in [2.75, 3.05) is 5.32 Å². The van der Waals surface area contributed by atoms with E-state index in [2.05, 4.69) is 15.3 Å². The summed E-state index contributed by atoms with van der Waals surface area (Å²) in [4.78, 5) is 33.0. The van der Waals surface area contributed by atoms with Crippen LogP contribution in [0.15, 0.2) is 53.7 Å². The number of nitrogens with zero attached hydrogens (tertiary/aromatic N) is 2. The van der Waals surface area contributed by atoms with Crippen molar-refractivity contribution < 1.29 is 18.4 Å². The van der Waals surface area contributed by atoms with Crippen LogP contribution in [0.5, 0.6) is 0 Å². The highest BCUT2D eigenvalue weighted by molar-refractivity contribution is 7.99. The quantitative estimate of drug-likeness (QED) is 0.463. The van der Waals surface area contributed by atoms with Gasteiger partial charge in [-0.05, 0) is 23.9 Å². The van der Waals surface area contributed by atoms with E-state index in [1.807, 2.05) is 30.3 Å². The smallest absolute Gasteiger partial charge is 0.290 e. The molecule has 1 N–H and O–H groups in total. The van der Waals surface area contributed by atoms with Crippen molar-refractivity contribution in [1.29, 1.82) is 0 Å². The van der Waals surface area contributed by atoms with Crippen LogP contribution in [0.1, 0.15) is 27.0 Å². The van der Waals surface area contributed by atoms with Crippen molar-refractivity contribution in [2.24, 2.45) is 0 Å². The number of Topliss-reactive ketones (excluding diaryl/α,β-unsaturated/α-hetero) is 1. The number of hydrogen-bond acceptors (Lipinski definition) is 6. The van der Waals surface area contributed by atoms with E-state index in [0.717, 1.165) is 16.9 Å². The fourth-order valence-corrected chi connectivity index (χ4v) is 3.77. The largest absolute Gasteiger partial charge is 0.298 e. The Hall–Kier alpha value is -2.65. The number of carbonyl (C=O) groups is 2. The molecule has 0 saturated heterocycles. The van der Waals surface area contributed by atoms with Gasteiger partial charge in [0.15, 0.2) is 10.9 Å². The number of carbonyl (C=O) groups excluding carboxylic acids is 2. The SMILES string of the molecule is CC(=O)c1sc(NC(=O)c2cccnc2SC(F)F)nc1-c1ccccc1. The second-order valence-corrected chi connectivity index (χ2v) is 7.29. The zero-order chi connectivity index (χ0) is 19.4. The van der Waals surface area contributed by atoms with E-state index in [0.29, 0.717) is 10.6 Å². The lowest BCUT2D eigenvalue weighted by Crippen LogP contribution is -2.13. The highest BCUT2D eigenvalue weighted by atomic mass is 32.2. The van der Waals surface area contributed by atoms with E-state index in [-0.39, 0.29) is 33.3 Å². The predicted molar refractivity (Wildman–Crippen MR) is 102 cm³/mol. The van der Waals surface area contributed by atoms with Crippen LogP contribution >= 0.6 is 23.1 Å². The number of rotatable bonds is 6. The van der Waals surface area contributed by atoms with E-state index in [1.54, 1.807) is 0 Å². The van der Waals surface area contributed by atoms with E-state index in [1.165, 1.54) is 25.3 Å². The van der Waals surface area contributed by atoms with Crippen molar-refractivity contribution in [3.05, 3.63) is 59.1 Å². The minimum Gasteiger partial charge on any atom is -0.298 e. The molecule has 0 fully saturated rings. The number of amides is 1. The summed E-state index contributed by atoms with van der Waals surface area (Å²) in [5.41, 5.74) is 1.23. The summed E-state index contributed by atoms with van der Waals surface area (Å²) in [5, 5.41) is 2.71. The number of thioether (sulfide) groups is 1. The van der Waals surface area contributed by atoms with Crippen molar-refractivity contribution in [3.8, 4) is 11.3 Å². The van der Waals surface area contributed by atoms with Crippen molar-refractivity contribution in [2.45, 2.75) is 17.7 Å². The van der Waals surface area contributed by atoms with E-state index < -0.39 is 11.7 Å². The Bertz CT molecular complexity index is 978. The second-order valence-electron chi connectivity index (χ2n) is 5.31. The Morgan fingerprint density at radius 3 is 2.56 bits per heavy atom. The van der Waals surface area contributed by atoms with Crippen molar-refractivity contribution in [3.63, 3.8) is 0 Å². The number of nitrogens with one attached hydrogen (secondary N) is 1. The maximum atomic E-state index is 12.7. The summed E-state index contributed by atoms with van der Waals surface area (Å²) < 4.78 is 25.3. The number of pyridine rings is 1. The first-order valence-electron chi connectivity index (χ1n) is 7.74. The molecule has 0 radical (unpaired) electrons. The average Bonchev–Trinajstić information content (AvgIpc) is 3.06. The van der Waals surface area contributed by atoms with Gasteiger partial charge in [0.05, 0.1) is 16.1 Å². The lowest BCUT2D eigenvalue weighted by Gasteiger charge is -2.06. The van der Waals surface area contributed by atoms with Gasteiger partial charge in [0, 0.05) is 18.7 Å². The third-order valence-electron chi connectivity index (χ3n) is 3.43. The molecule has 5 nitrogen and oxygen atoms in total. The van der Waals surface area contributed by atoms with Gasteiger partial charge in [-0.2, -0.15) is 8.78 Å². The summed E-state index contributed by atoms with van der Waals surface area (Å²) in [6, 6.07) is 12.0. The fraction of sp³-hybridized carbons (Fsp3) is 0.111. The van der Waals surface area contributed by atoms with E-state index in [9.17, 15) is 18.4 Å². The van der Waals surface area contributed by atoms with Gasteiger partial charge in [-0.15, -0.1) is 0 Å². The van der Waals surface area contributed by atoms with Gasteiger partial charge in [-0.25, -0.2) is 9.97 Å². The molecule has 0 aliphatic heterocycles. The average molecular weight is 405 g/mol. The van der Waals surface area contributed by atoms with Crippen LogP contribution in [0.4, 0.5) is 13.9 Å². The molecular weight excluding hydrogens is 392 g/mol. The summed E-state index contributed by atoms with van der Waals surface area (Å²) in [7, 11) is 0. The molecule has 9 heteroatoms. The molecule has 27 heavy (non-hydrogen) atoms. The summed E-state index contributed by atoms with van der Waals surface area (Å²) >= 11 is 1.23. The highest BCUT2D eigenvalue weighted by Crippen LogP contribution is 2.32. The number of halogens is 2. The van der Waals surface area contributed by atoms with Gasteiger partial charge < -0.3 is 0 Å². The van der Waals surface area contributed by atoms with Crippen LogP contribution in [-0.4, -0.2) is 27.4 Å². The molecule has 3 rings (SSSR count).